The topological polar surface area (TPSA) is 145 Å². The minimum absolute atomic E-state index is 0.168. The van der Waals surface area contributed by atoms with Crippen LogP contribution in [0.2, 0.25) is 0 Å². The molecule has 1 aromatic heterocycles. The molecule has 4 N–H and O–H groups in total. The van der Waals surface area contributed by atoms with Crippen molar-refractivity contribution in [1.82, 2.24) is 9.55 Å². The molecule has 3 atom stereocenters. The van der Waals surface area contributed by atoms with Crippen LogP contribution in [0.4, 0.5) is 14.6 Å². The second kappa shape index (κ2) is 6.61. The molecule has 1 aliphatic heterocycles. The maximum atomic E-state index is 14.2. The molecule has 132 valence electrons. The van der Waals surface area contributed by atoms with Crippen molar-refractivity contribution in [2.24, 2.45) is 0 Å². The van der Waals surface area contributed by atoms with E-state index < -0.39 is 54.6 Å². The smallest absolute Gasteiger partial charge is 0.351 e. The SMILES string of the molecule is Nc1ccn([C@@H]2O[C@H](CC(=O)CCC(=O)O)C(O)C2(F)F)c(=O)n1. The third kappa shape index (κ3) is 3.57. The highest BCUT2D eigenvalue weighted by Crippen LogP contribution is 2.43. The van der Waals surface area contributed by atoms with Crippen LogP contribution < -0.4 is 11.4 Å². The molecule has 1 aliphatic rings. The van der Waals surface area contributed by atoms with Crippen LogP contribution in [0.15, 0.2) is 17.1 Å². The van der Waals surface area contributed by atoms with Gasteiger partial charge in [-0.15, -0.1) is 0 Å². The van der Waals surface area contributed by atoms with E-state index in [9.17, 15) is 28.3 Å². The first kappa shape index (κ1) is 17.9. The Morgan fingerprint density at radius 3 is 2.67 bits per heavy atom. The standard InChI is InChI=1S/C13H15F2N3O6/c14-13(15)10(22)7(5-6(19)1-2-9(20)21)24-11(13)18-4-3-8(16)17-12(18)23/h3-4,7,10-11,22H,1-2,5H2,(H,20,21)(H2,16,17,23)/t7-,10?,11-/m1/s1. The molecule has 0 spiro atoms. The van der Waals surface area contributed by atoms with Crippen LogP contribution in [-0.2, 0) is 14.3 Å². The van der Waals surface area contributed by atoms with Gasteiger partial charge >= 0.3 is 17.6 Å². The number of aromatic nitrogens is 2. The molecule has 9 nitrogen and oxygen atoms in total. The number of ketones is 1. The van der Waals surface area contributed by atoms with E-state index in [-0.39, 0.29) is 12.2 Å². The van der Waals surface area contributed by atoms with Gasteiger partial charge in [-0.2, -0.15) is 13.8 Å². The number of carbonyl (C=O) groups excluding carboxylic acids is 1. The highest BCUT2D eigenvalue weighted by molar-refractivity contribution is 5.82. The molecule has 11 heteroatoms. The number of carboxylic acid groups (broad SMARTS) is 1. The van der Waals surface area contributed by atoms with Crippen LogP contribution in [0.25, 0.3) is 0 Å². The van der Waals surface area contributed by atoms with Crippen molar-refractivity contribution in [2.45, 2.75) is 43.6 Å². The molecular weight excluding hydrogens is 332 g/mol. The Morgan fingerprint density at radius 2 is 2.08 bits per heavy atom. The van der Waals surface area contributed by atoms with Crippen LogP contribution in [-0.4, -0.2) is 49.6 Å². The molecule has 0 radical (unpaired) electrons. The second-order valence-corrected chi connectivity index (χ2v) is 5.33. The fourth-order valence-corrected chi connectivity index (χ4v) is 2.31. The number of nitrogens with two attached hydrogens (primary N) is 1. The van der Waals surface area contributed by atoms with Crippen molar-refractivity contribution in [3.05, 3.63) is 22.7 Å². The zero-order valence-corrected chi connectivity index (χ0v) is 12.3. The highest BCUT2D eigenvalue weighted by atomic mass is 19.3. The van der Waals surface area contributed by atoms with Crippen molar-refractivity contribution >= 4 is 17.6 Å². The summed E-state index contributed by atoms with van der Waals surface area (Å²) in [7, 11) is 0. The average molecular weight is 347 g/mol. The molecule has 0 bridgehead atoms. The Labute approximate surface area is 133 Å². The minimum Gasteiger partial charge on any atom is -0.481 e. The molecule has 0 amide bonds. The number of alkyl halides is 2. The first-order valence-electron chi connectivity index (χ1n) is 6.92. The number of nitrogen functional groups attached to an aromatic ring is 1. The quantitative estimate of drug-likeness (QED) is 0.627. The number of hydrogen-bond acceptors (Lipinski definition) is 7. The van der Waals surface area contributed by atoms with Gasteiger partial charge in [-0.05, 0) is 6.07 Å². The van der Waals surface area contributed by atoms with Crippen LogP contribution in [0.1, 0.15) is 25.5 Å². The van der Waals surface area contributed by atoms with E-state index in [1.165, 1.54) is 0 Å². The van der Waals surface area contributed by atoms with E-state index in [1.54, 1.807) is 0 Å². The molecule has 0 saturated carbocycles. The molecule has 1 aromatic rings. The van der Waals surface area contributed by atoms with Crippen molar-refractivity contribution in [3.8, 4) is 0 Å². The number of nitrogens with zero attached hydrogens (tertiary/aromatic N) is 2. The number of halogens is 2. The summed E-state index contributed by atoms with van der Waals surface area (Å²) >= 11 is 0. The van der Waals surface area contributed by atoms with Crippen molar-refractivity contribution in [2.75, 3.05) is 5.73 Å². The van der Waals surface area contributed by atoms with Crippen LogP contribution >= 0.6 is 0 Å². The molecule has 0 aromatic carbocycles. The Balaban J connectivity index is 2.17. The van der Waals surface area contributed by atoms with Gasteiger partial charge in [0.05, 0.1) is 12.5 Å². The summed E-state index contributed by atoms with van der Waals surface area (Å²) in [5.74, 6) is -5.88. The van der Waals surface area contributed by atoms with E-state index >= 15 is 0 Å². The normalized spacial score (nSPS) is 25.5. The van der Waals surface area contributed by atoms with Crippen molar-refractivity contribution in [1.29, 1.82) is 0 Å². The maximum Gasteiger partial charge on any atom is 0.351 e. The van der Waals surface area contributed by atoms with Gasteiger partial charge in [-0.25, -0.2) is 4.79 Å². The molecule has 1 unspecified atom stereocenters. The fraction of sp³-hybridized carbons (Fsp3) is 0.538. The van der Waals surface area contributed by atoms with Crippen LogP contribution in [0.5, 0.6) is 0 Å². The third-order valence-corrected chi connectivity index (χ3v) is 3.53. The lowest BCUT2D eigenvalue weighted by atomic mass is 10.0. The highest BCUT2D eigenvalue weighted by Gasteiger charge is 2.59. The lowest BCUT2D eigenvalue weighted by molar-refractivity contribution is -0.141. The summed E-state index contributed by atoms with van der Waals surface area (Å²) in [5, 5.41) is 18.2. The third-order valence-electron chi connectivity index (χ3n) is 3.53. The van der Waals surface area contributed by atoms with Gasteiger partial charge in [0.2, 0.25) is 6.23 Å². The van der Waals surface area contributed by atoms with E-state index in [0.29, 0.717) is 4.57 Å². The summed E-state index contributed by atoms with van der Waals surface area (Å²) in [4.78, 5) is 37.0. The number of ether oxygens (including phenoxy) is 1. The summed E-state index contributed by atoms with van der Waals surface area (Å²) < 4.78 is 33.8. The van der Waals surface area contributed by atoms with E-state index in [4.69, 9.17) is 15.6 Å². The fourth-order valence-electron chi connectivity index (χ4n) is 2.31. The Hall–Kier alpha value is -2.40. The Bertz CT molecular complexity index is 707. The average Bonchev–Trinajstić information content (AvgIpc) is 2.69. The molecular formula is C13H15F2N3O6. The number of anilines is 1. The predicted octanol–water partition coefficient (Wildman–Crippen LogP) is -0.457. The molecule has 1 saturated heterocycles. The number of aliphatic hydroxyl groups is 1. The van der Waals surface area contributed by atoms with Gasteiger partial charge in [0, 0.05) is 19.0 Å². The van der Waals surface area contributed by atoms with E-state index in [2.05, 4.69) is 4.98 Å². The molecule has 2 heterocycles. The first-order chi connectivity index (χ1) is 11.1. The zero-order valence-electron chi connectivity index (χ0n) is 12.3. The first-order valence-corrected chi connectivity index (χ1v) is 6.92. The number of carboxylic acids is 1. The summed E-state index contributed by atoms with van der Waals surface area (Å²) in [6, 6.07) is 1.11. The van der Waals surface area contributed by atoms with Gasteiger partial charge in [-0.3, -0.25) is 14.2 Å². The monoisotopic (exact) mass is 347 g/mol. The zero-order chi connectivity index (χ0) is 18.1. The number of aliphatic hydroxyl groups excluding tert-OH is 1. The summed E-state index contributed by atoms with van der Waals surface area (Å²) in [5.41, 5.74) is 4.18. The number of hydrogen-bond donors (Lipinski definition) is 3. The predicted molar refractivity (Wildman–Crippen MR) is 74.3 cm³/mol. The lowest BCUT2D eigenvalue weighted by Gasteiger charge is -2.20. The van der Waals surface area contributed by atoms with Gasteiger partial charge in [0.1, 0.15) is 17.7 Å². The lowest BCUT2D eigenvalue weighted by Crippen LogP contribution is -2.41. The summed E-state index contributed by atoms with van der Waals surface area (Å²) in [6.45, 7) is 0. The summed E-state index contributed by atoms with van der Waals surface area (Å²) in [6.07, 6.45) is -6.53. The number of aliphatic carboxylic acids is 1. The molecule has 24 heavy (non-hydrogen) atoms. The maximum absolute atomic E-state index is 14.2. The number of rotatable bonds is 6. The van der Waals surface area contributed by atoms with Gasteiger partial charge < -0.3 is 20.7 Å². The van der Waals surface area contributed by atoms with E-state index in [0.717, 1.165) is 12.3 Å². The number of carbonyl (C=O) groups is 2. The van der Waals surface area contributed by atoms with E-state index in [1.807, 2.05) is 0 Å². The van der Waals surface area contributed by atoms with Crippen LogP contribution in [0, 0.1) is 0 Å². The second-order valence-electron chi connectivity index (χ2n) is 5.33. The van der Waals surface area contributed by atoms with Gasteiger partial charge in [0.15, 0.2) is 0 Å². The molecule has 2 rings (SSSR count). The van der Waals surface area contributed by atoms with Gasteiger partial charge in [-0.1, -0.05) is 0 Å². The molecule has 1 fully saturated rings. The Morgan fingerprint density at radius 1 is 1.42 bits per heavy atom. The van der Waals surface area contributed by atoms with Crippen molar-refractivity contribution < 1.29 is 33.3 Å². The van der Waals surface area contributed by atoms with Crippen LogP contribution in [0.3, 0.4) is 0 Å². The minimum atomic E-state index is -3.85. The Kier molecular flexibility index (Phi) is 4.94. The number of Topliss-reactive ketones (excluding diaryl/α,β-unsaturated/α-hetero) is 1. The largest absolute Gasteiger partial charge is 0.481 e. The van der Waals surface area contributed by atoms with Crippen molar-refractivity contribution in [3.63, 3.8) is 0 Å². The van der Waals surface area contributed by atoms with Gasteiger partial charge in [0.25, 0.3) is 0 Å². The molecule has 0 aliphatic carbocycles.